The van der Waals surface area contributed by atoms with Gasteiger partial charge in [-0.1, -0.05) is 23.7 Å². The number of pyridine rings is 1. The van der Waals surface area contributed by atoms with E-state index in [1.165, 1.54) is 0 Å². The van der Waals surface area contributed by atoms with Crippen LogP contribution in [0.4, 0.5) is 0 Å². The molecule has 0 aliphatic rings. The van der Waals surface area contributed by atoms with Crippen LogP contribution < -0.4 is 0 Å². The van der Waals surface area contributed by atoms with Crippen molar-refractivity contribution in [3.05, 3.63) is 53.8 Å². The van der Waals surface area contributed by atoms with E-state index in [2.05, 4.69) is 23.3 Å². The first-order valence-corrected chi connectivity index (χ1v) is 5.79. The van der Waals surface area contributed by atoms with Gasteiger partial charge in [-0.05, 0) is 29.8 Å². The van der Waals surface area contributed by atoms with Gasteiger partial charge in [-0.25, -0.2) is 4.98 Å². The molecule has 3 aromatic rings. The van der Waals surface area contributed by atoms with Gasteiger partial charge in [0.15, 0.2) is 0 Å². The number of nitrogens with zero attached hydrogens (tertiary/aromatic N) is 2. The van der Waals surface area contributed by atoms with Gasteiger partial charge >= 0.3 is 0 Å². The summed E-state index contributed by atoms with van der Waals surface area (Å²) in [5.41, 5.74) is 3.27. The number of halogens is 1. The molecule has 0 bridgehead atoms. The molecule has 0 unspecified atom stereocenters. The number of fused-ring (bicyclic) bond motifs is 1. The first-order chi connectivity index (χ1) is 8.25. The van der Waals surface area contributed by atoms with Crippen LogP contribution in [-0.4, -0.2) is 9.55 Å². The van der Waals surface area contributed by atoms with E-state index >= 15 is 0 Å². The molecule has 2 aromatic heterocycles. The van der Waals surface area contributed by atoms with Crippen LogP contribution in [0.3, 0.4) is 0 Å². The smallest absolute Gasteiger partial charge is 0.140 e. The molecule has 3 heteroatoms. The fraction of sp³-hybridized carbons (Fsp3) is 0.0714. The second kappa shape index (κ2) is 3.90. The molecule has 2 heterocycles. The maximum atomic E-state index is 6.03. The third-order valence-electron chi connectivity index (χ3n) is 2.87. The highest BCUT2D eigenvalue weighted by Gasteiger charge is 2.08. The van der Waals surface area contributed by atoms with Crippen molar-refractivity contribution in [3.8, 4) is 11.1 Å². The Morgan fingerprint density at radius 3 is 2.88 bits per heavy atom. The first-order valence-electron chi connectivity index (χ1n) is 5.42. The first kappa shape index (κ1) is 10.4. The van der Waals surface area contributed by atoms with Crippen LogP contribution in [0.25, 0.3) is 22.2 Å². The number of aromatic nitrogens is 2. The zero-order chi connectivity index (χ0) is 11.8. The zero-order valence-corrected chi connectivity index (χ0v) is 10.1. The topological polar surface area (TPSA) is 17.8 Å². The summed E-state index contributed by atoms with van der Waals surface area (Å²) in [6.07, 6.45) is 3.90. The van der Waals surface area contributed by atoms with E-state index < -0.39 is 0 Å². The van der Waals surface area contributed by atoms with E-state index in [1.807, 2.05) is 42.1 Å². The molecular weight excluding hydrogens is 232 g/mol. The molecule has 0 N–H and O–H groups in total. The van der Waals surface area contributed by atoms with Crippen LogP contribution in [0.2, 0.25) is 5.02 Å². The molecule has 0 spiro atoms. The monoisotopic (exact) mass is 242 g/mol. The summed E-state index contributed by atoms with van der Waals surface area (Å²) < 4.78 is 2.03. The number of rotatable bonds is 1. The second-order valence-corrected chi connectivity index (χ2v) is 4.48. The van der Waals surface area contributed by atoms with Crippen molar-refractivity contribution >= 4 is 22.6 Å². The van der Waals surface area contributed by atoms with Crippen molar-refractivity contribution in [2.45, 2.75) is 0 Å². The number of hydrogen-bond donors (Lipinski definition) is 0. The van der Waals surface area contributed by atoms with Crippen LogP contribution in [-0.2, 0) is 7.05 Å². The van der Waals surface area contributed by atoms with E-state index in [4.69, 9.17) is 11.6 Å². The number of aryl methyl sites for hydroxylation is 1. The van der Waals surface area contributed by atoms with Crippen LogP contribution in [0.5, 0.6) is 0 Å². The minimum Gasteiger partial charge on any atom is -0.335 e. The van der Waals surface area contributed by atoms with Crippen molar-refractivity contribution in [1.29, 1.82) is 0 Å². The molecule has 0 saturated heterocycles. The molecule has 0 atom stereocenters. The van der Waals surface area contributed by atoms with Crippen molar-refractivity contribution < 1.29 is 0 Å². The molecule has 1 aromatic carbocycles. The van der Waals surface area contributed by atoms with Crippen LogP contribution in [0.15, 0.2) is 48.8 Å². The van der Waals surface area contributed by atoms with Gasteiger partial charge in [0, 0.05) is 35.4 Å². The Labute approximate surface area is 104 Å². The number of benzene rings is 1. The molecular formula is C14H11ClN2. The van der Waals surface area contributed by atoms with Crippen LogP contribution >= 0.6 is 11.6 Å². The lowest BCUT2D eigenvalue weighted by Gasteiger charge is -1.99. The van der Waals surface area contributed by atoms with Crippen molar-refractivity contribution in [2.24, 2.45) is 7.05 Å². The molecule has 0 fully saturated rings. The Morgan fingerprint density at radius 1 is 1.18 bits per heavy atom. The lowest BCUT2D eigenvalue weighted by atomic mass is 10.1. The van der Waals surface area contributed by atoms with Gasteiger partial charge in [0.25, 0.3) is 0 Å². The van der Waals surface area contributed by atoms with E-state index in [9.17, 15) is 0 Å². The average molecular weight is 243 g/mol. The van der Waals surface area contributed by atoms with E-state index in [-0.39, 0.29) is 0 Å². The second-order valence-electron chi connectivity index (χ2n) is 4.04. The van der Waals surface area contributed by atoms with Crippen molar-refractivity contribution in [3.63, 3.8) is 0 Å². The summed E-state index contributed by atoms with van der Waals surface area (Å²) in [7, 11) is 2.00. The Bertz CT molecular complexity index is 686. The molecule has 84 valence electrons. The average Bonchev–Trinajstić information content (AvgIpc) is 2.68. The minimum atomic E-state index is 0.753. The highest BCUT2D eigenvalue weighted by atomic mass is 35.5. The summed E-state index contributed by atoms with van der Waals surface area (Å²) in [6, 6.07) is 11.9. The molecule has 3 rings (SSSR count). The third kappa shape index (κ3) is 1.71. The van der Waals surface area contributed by atoms with Crippen LogP contribution in [0, 0.1) is 0 Å². The standard InChI is InChI=1S/C14H11ClN2/c1-17-9-13(10-4-2-5-11(15)8-10)12-6-3-7-16-14(12)17/h2-9H,1H3. The summed E-state index contributed by atoms with van der Waals surface area (Å²) in [5.74, 6) is 0. The molecule has 0 saturated carbocycles. The third-order valence-corrected chi connectivity index (χ3v) is 3.10. The molecule has 17 heavy (non-hydrogen) atoms. The largest absolute Gasteiger partial charge is 0.335 e. The summed E-state index contributed by atoms with van der Waals surface area (Å²) in [6.45, 7) is 0. The lowest BCUT2D eigenvalue weighted by Crippen LogP contribution is -1.85. The van der Waals surface area contributed by atoms with Gasteiger partial charge in [0.1, 0.15) is 5.65 Å². The molecule has 0 amide bonds. The zero-order valence-electron chi connectivity index (χ0n) is 9.39. The molecule has 0 aliphatic heterocycles. The highest BCUT2D eigenvalue weighted by molar-refractivity contribution is 6.30. The number of hydrogen-bond acceptors (Lipinski definition) is 1. The summed E-state index contributed by atoms with van der Waals surface area (Å²) in [4.78, 5) is 4.38. The van der Waals surface area contributed by atoms with Crippen molar-refractivity contribution in [2.75, 3.05) is 0 Å². The van der Waals surface area contributed by atoms with E-state index in [1.54, 1.807) is 0 Å². The Hall–Kier alpha value is -1.80. The normalized spacial score (nSPS) is 10.9. The van der Waals surface area contributed by atoms with Gasteiger partial charge in [-0.3, -0.25) is 0 Å². The lowest BCUT2D eigenvalue weighted by molar-refractivity contribution is 0.949. The minimum absolute atomic E-state index is 0.753. The summed E-state index contributed by atoms with van der Waals surface area (Å²) in [5, 5.41) is 1.90. The van der Waals surface area contributed by atoms with Gasteiger partial charge < -0.3 is 4.57 Å². The van der Waals surface area contributed by atoms with Gasteiger partial charge in [-0.15, -0.1) is 0 Å². The maximum absolute atomic E-state index is 6.03. The predicted molar refractivity (Wildman–Crippen MR) is 71.2 cm³/mol. The van der Waals surface area contributed by atoms with Gasteiger partial charge in [0.05, 0.1) is 0 Å². The predicted octanol–water partition coefficient (Wildman–Crippen LogP) is 3.89. The van der Waals surface area contributed by atoms with Crippen LogP contribution in [0.1, 0.15) is 0 Å². The maximum Gasteiger partial charge on any atom is 0.140 e. The Kier molecular flexibility index (Phi) is 2.37. The highest BCUT2D eigenvalue weighted by Crippen LogP contribution is 2.30. The Morgan fingerprint density at radius 2 is 2.06 bits per heavy atom. The fourth-order valence-corrected chi connectivity index (χ4v) is 2.29. The van der Waals surface area contributed by atoms with Crippen molar-refractivity contribution in [1.82, 2.24) is 9.55 Å². The molecule has 2 nitrogen and oxygen atoms in total. The molecule has 0 aliphatic carbocycles. The van der Waals surface area contributed by atoms with E-state index in [0.29, 0.717) is 0 Å². The Balaban J connectivity index is 2.31. The van der Waals surface area contributed by atoms with Gasteiger partial charge in [0.2, 0.25) is 0 Å². The molecule has 0 radical (unpaired) electrons. The van der Waals surface area contributed by atoms with Gasteiger partial charge in [-0.2, -0.15) is 0 Å². The quantitative estimate of drug-likeness (QED) is 0.633. The SMILES string of the molecule is Cn1cc(-c2cccc(Cl)c2)c2cccnc21. The summed E-state index contributed by atoms with van der Waals surface area (Å²) >= 11 is 6.03. The fourth-order valence-electron chi connectivity index (χ4n) is 2.10. The van der Waals surface area contributed by atoms with E-state index in [0.717, 1.165) is 27.2 Å².